The molecule has 1 saturated carbocycles. The first-order valence-electron chi connectivity index (χ1n) is 10.3. The van der Waals surface area contributed by atoms with Gasteiger partial charge in [-0.05, 0) is 36.0 Å². The Kier molecular flexibility index (Phi) is 6.58. The molecule has 150 valence electrons. The largest absolute Gasteiger partial charge is 0.340 e. The normalized spacial score (nSPS) is 19.7. The van der Waals surface area contributed by atoms with Gasteiger partial charge < -0.3 is 4.90 Å². The molecular weight excluding hydrogens is 360 g/mol. The number of nitrogens with zero attached hydrogens (tertiary/aromatic N) is 2. The van der Waals surface area contributed by atoms with E-state index in [0.29, 0.717) is 49.3 Å². The quantitative estimate of drug-likeness (QED) is 0.743. The van der Waals surface area contributed by atoms with Crippen molar-refractivity contribution in [2.24, 2.45) is 5.92 Å². The van der Waals surface area contributed by atoms with Crippen molar-refractivity contribution in [1.82, 2.24) is 9.21 Å². The van der Waals surface area contributed by atoms with Gasteiger partial charge in [-0.25, -0.2) is 8.42 Å². The van der Waals surface area contributed by atoms with Gasteiger partial charge in [-0.3, -0.25) is 4.79 Å². The molecular formula is C21H32N2O3S. The van der Waals surface area contributed by atoms with Crippen LogP contribution in [-0.4, -0.2) is 49.7 Å². The van der Waals surface area contributed by atoms with E-state index in [4.69, 9.17) is 0 Å². The maximum atomic E-state index is 12.9. The van der Waals surface area contributed by atoms with Gasteiger partial charge in [-0.2, -0.15) is 4.31 Å². The summed E-state index contributed by atoms with van der Waals surface area (Å²) in [7, 11) is -3.48. The predicted molar refractivity (Wildman–Crippen MR) is 107 cm³/mol. The van der Waals surface area contributed by atoms with Crippen LogP contribution in [0.5, 0.6) is 0 Å². The Bertz CT molecular complexity index is 729. The van der Waals surface area contributed by atoms with E-state index >= 15 is 0 Å². The molecule has 1 aliphatic heterocycles. The third-order valence-corrected chi connectivity index (χ3v) is 7.93. The molecule has 1 aromatic rings. The maximum Gasteiger partial charge on any atom is 0.243 e. The van der Waals surface area contributed by atoms with Crippen molar-refractivity contribution in [3.8, 4) is 0 Å². The van der Waals surface area contributed by atoms with E-state index in [2.05, 4.69) is 13.8 Å². The molecule has 0 bridgehead atoms. The average molecular weight is 393 g/mol. The number of piperazine rings is 1. The fourth-order valence-corrected chi connectivity index (χ4v) is 5.56. The highest BCUT2D eigenvalue weighted by Crippen LogP contribution is 2.29. The molecule has 2 aliphatic rings. The number of rotatable bonds is 6. The molecule has 0 aromatic heterocycles. The van der Waals surface area contributed by atoms with Crippen LogP contribution < -0.4 is 0 Å². The highest BCUT2D eigenvalue weighted by Gasteiger charge is 2.30. The molecule has 0 N–H and O–H groups in total. The van der Waals surface area contributed by atoms with Gasteiger partial charge in [0.1, 0.15) is 0 Å². The number of hydrogen-bond acceptors (Lipinski definition) is 3. The summed E-state index contributed by atoms with van der Waals surface area (Å²) in [5, 5.41) is 0. The first-order chi connectivity index (χ1) is 12.9. The van der Waals surface area contributed by atoms with Gasteiger partial charge in [0.15, 0.2) is 0 Å². The molecule has 27 heavy (non-hydrogen) atoms. The summed E-state index contributed by atoms with van der Waals surface area (Å²) < 4.78 is 27.2. The van der Waals surface area contributed by atoms with Gasteiger partial charge in [0, 0.05) is 32.6 Å². The molecule has 1 heterocycles. The van der Waals surface area contributed by atoms with Crippen molar-refractivity contribution in [3.05, 3.63) is 29.8 Å². The summed E-state index contributed by atoms with van der Waals surface area (Å²) >= 11 is 0. The number of amides is 1. The molecule has 3 rings (SSSR count). The number of hydrogen-bond donors (Lipinski definition) is 0. The summed E-state index contributed by atoms with van der Waals surface area (Å²) in [6, 6.07) is 7.17. The number of benzene rings is 1. The minimum absolute atomic E-state index is 0.181. The molecule has 1 amide bonds. The number of sulfonamides is 1. The zero-order valence-electron chi connectivity index (χ0n) is 16.6. The first kappa shape index (κ1) is 20.3. The Morgan fingerprint density at radius 2 is 1.63 bits per heavy atom. The molecule has 1 saturated heterocycles. The highest BCUT2D eigenvalue weighted by molar-refractivity contribution is 7.89. The second kappa shape index (κ2) is 8.74. The average Bonchev–Trinajstić information content (AvgIpc) is 3.20. The lowest BCUT2D eigenvalue weighted by molar-refractivity contribution is -0.132. The lowest BCUT2D eigenvalue weighted by Gasteiger charge is -2.34. The van der Waals surface area contributed by atoms with Crippen LogP contribution in [-0.2, 0) is 14.8 Å². The van der Waals surface area contributed by atoms with Gasteiger partial charge in [0.25, 0.3) is 0 Å². The van der Waals surface area contributed by atoms with Crippen molar-refractivity contribution in [3.63, 3.8) is 0 Å². The van der Waals surface area contributed by atoms with Crippen LogP contribution >= 0.6 is 0 Å². The Morgan fingerprint density at radius 3 is 2.19 bits per heavy atom. The van der Waals surface area contributed by atoms with Gasteiger partial charge >= 0.3 is 0 Å². The van der Waals surface area contributed by atoms with E-state index < -0.39 is 10.0 Å². The molecule has 0 unspecified atom stereocenters. The Balaban J connectivity index is 1.53. The molecule has 1 aromatic carbocycles. The topological polar surface area (TPSA) is 57.7 Å². The van der Waals surface area contributed by atoms with Crippen molar-refractivity contribution in [2.75, 3.05) is 26.2 Å². The summed E-state index contributed by atoms with van der Waals surface area (Å²) in [5.74, 6) is 1.27. The molecule has 1 aliphatic carbocycles. The second-order valence-electron chi connectivity index (χ2n) is 8.20. The minimum atomic E-state index is -3.48. The Morgan fingerprint density at radius 1 is 1.04 bits per heavy atom. The summed E-state index contributed by atoms with van der Waals surface area (Å²) in [6.07, 6.45) is 6.71. The minimum Gasteiger partial charge on any atom is -0.340 e. The van der Waals surface area contributed by atoms with Crippen LogP contribution in [0.2, 0.25) is 0 Å². The van der Waals surface area contributed by atoms with Crippen LogP contribution in [0.15, 0.2) is 29.2 Å². The van der Waals surface area contributed by atoms with E-state index in [-0.39, 0.29) is 5.91 Å². The third-order valence-electron chi connectivity index (χ3n) is 6.02. The monoisotopic (exact) mass is 392 g/mol. The van der Waals surface area contributed by atoms with Crippen molar-refractivity contribution in [2.45, 2.75) is 63.2 Å². The van der Waals surface area contributed by atoms with E-state index in [9.17, 15) is 13.2 Å². The standard InChI is InChI=1S/C21H32N2O3S/c1-17(2)19-8-10-20(11-9-19)27(25,26)23-15-13-22(14-16-23)21(24)12-7-18-5-3-4-6-18/h8-11,17-18H,3-7,12-16H2,1-2H3. The Hall–Kier alpha value is -1.40. The lowest BCUT2D eigenvalue weighted by atomic mass is 10.0. The van der Waals surface area contributed by atoms with Gasteiger partial charge in [0.05, 0.1) is 4.90 Å². The highest BCUT2D eigenvalue weighted by atomic mass is 32.2. The van der Waals surface area contributed by atoms with Crippen molar-refractivity contribution in [1.29, 1.82) is 0 Å². The van der Waals surface area contributed by atoms with E-state index in [1.54, 1.807) is 12.1 Å². The van der Waals surface area contributed by atoms with Crippen LogP contribution in [0.4, 0.5) is 0 Å². The van der Waals surface area contributed by atoms with Crippen LogP contribution in [0.1, 0.15) is 63.9 Å². The fourth-order valence-electron chi connectivity index (χ4n) is 4.14. The van der Waals surface area contributed by atoms with Crippen LogP contribution in [0.25, 0.3) is 0 Å². The molecule has 0 atom stereocenters. The number of carbonyl (C=O) groups excluding carboxylic acids is 1. The van der Waals surface area contributed by atoms with Gasteiger partial charge in [-0.1, -0.05) is 51.7 Å². The molecule has 5 nitrogen and oxygen atoms in total. The van der Waals surface area contributed by atoms with E-state index in [0.717, 1.165) is 12.0 Å². The SMILES string of the molecule is CC(C)c1ccc(S(=O)(=O)N2CCN(C(=O)CCC3CCCC3)CC2)cc1. The molecule has 0 spiro atoms. The summed E-state index contributed by atoms with van der Waals surface area (Å²) in [6.45, 7) is 5.92. The van der Waals surface area contributed by atoms with Gasteiger partial charge in [-0.15, -0.1) is 0 Å². The lowest BCUT2D eigenvalue weighted by Crippen LogP contribution is -2.50. The van der Waals surface area contributed by atoms with Crippen LogP contribution in [0, 0.1) is 5.92 Å². The van der Waals surface area contributed by atoms with Crippen LogP contribution in [0.3, 0.4) is 0 Å². The van der Waals surface area contributed by atoms with Crippen molar-refractivity contribution >= 4 is 15.9 Å². The summed E-state index contributed by atoms with van der Waals surface area (Å²) in [4.78, 5) is 14.6. The number of carbonyl (C=O) groups is 1. The first-order valence-corrected chi connectivity index (χ1v) is 11.7. The molecule has 2 fully saturated rings. The van der Waals surface area contributed by atoms with E-state index in [1.165, 1.54) is 30.0 Å². The zero-order valence-corrected chi connectivity index (χ0v) is 17.4. The second-order valence-corrected chi connectivity index (χ2v) is 10.1. The van der Waals surface area contributed by atoms with Gasteiger partial charge in [0.2, 0.25) is 15.9 Å². The van der Waals surface area contributed by atoms with E-state index in [1.807, 2.05) is 17.0 Å². The molecule has 6 heteroatoms. The zero-order chi connectivity index (χ0) is 19.4. The third kappa shape index (κ3) is 4.91. The smallest absolute Gasteiger partial charge is 0.243 e. The predicted octanol–water partition coefficient (Wildman–Crippen LogP) is 3.61. The summed E-state index contributed by atoms with van der Waals surface area (Å²) in [5.41, 5.74) is 1.13. The maximum absolute atomic E-state index is 12.9. The Labute approximate surface area is 163 Å². The fraction of sp³-hybridized carbons (Fsp3) is 0.667. The van der Waals surface area contributed by atoms with Crippen molar-refractivity contribution < 1.29 is 13.2 Å². The molecule has 0 radical (unpaired) electrons.